The Morgan fingerprint density at radius 2 is 2.47 bits per heavy atom. The van der Waals surface area contributed by atoms with E-state index in [9.17, 15) is 4.79 Å². The summed E-state index contributed by atoms with van der Waals surface area (Å²) in [5, 5.41) is 4.41. The monoisotopic (exact) mass is 227 g/mol. The second-order valence-corrected chi connectivity index (χ2v) is 3.65. The quantitative estimate of drug-likeness (QED) is 0.574. The third kappa shape index (κ3) is 2.62. The first kappa shape index (κ1) is 11.8. The SMILES string of the molecule is CN=C(C(=O)NC)c1sccc1CON. The summed E-state index contributed by atoms with van der Waals surface area (Å²) in [4.78, 5) is 20.8. The highest BCUT2D eigenvalue weighted by atomic mass is 32.1. The number of carbonyl (C=O) groups is 1. The van der Waals surface area contributed by atoms with Crippen molar-refractivity contribution in [1.82, 2.24) is 5.32 Å². The van der Waals surface area contributed by atoms with E-state index >= 15 is 0 Å². The second kappa shape index (κ2) is 5.59. The largest absolute Gasteiger partial charge is 0.354 e. The summed E-state index contributed by atoms with van der Waals surface area (Å²) < 4.78 is 0. The lowest BCUT2D eigenvalue weighted by atomic mass is 10.2. The van der Waals surface area contributed by atoms with Gasteiger partial charge in [-0.2, -0.15) is 0 Å². The van der Waals surface area contributed by atoms with Gasteiger partial charge in [-0.05, 0) is 11.4 Å². The van der Waals surface area contributed by atoms with Crippen LogP contribution in [0.2, 0.25) is 0 Å². The fourth-order valence-electron chi connectivity index (χ4n) is 1.17. The van der Waals surface area contributed by atoms with Crippen molar-refractivity contribution in [3.05, 3.63) is 21.9 Å². The zero-order valence-corrected chi connectivity index (χ0v) is 9.43. The van der Waals surface area contributed by atoms with Gasteiger partial charge in [-0.1, -0.05) is 0 Å². The van der Waals surface area contributed by atoms with Gasteiger partial charge in [0.25, 0.3) is 5.91 Å². The molecule has 5 nitrogen and oxygen atoms in total. The molecule has 0 radical (unpaired) electrons. The van der Waals surface area contributed by atoms with Crippen LogP contribution >= 0.6 is 11.3 Å². The highest BCUT2D eigenvalue weighted by molar-refractivity contribution is 7.13. The number of likely N-dealkylation sites (N-methyl/N-ethyl adjacent to an activating group) is 1. The number of amides is 1. The number of carbonyl (C=O) groups excluding carboxylic acids is 1. The average Bonchev–Trinajstić information content (AvgIpc) is 2.68. The molecule has 0 spiro atoms. The Kier molecular flexibility index (Phi) is 4.41. The van der Waals surface area contributed by atoms with Gasteiger partial charge in [-0.15, -0.1) is 11.3 Å². The van der Waals surface area contributed by atoms with E-state index in [0.29, 0.717) is 5.71 Å². The smallest absolute Gasteiger partial charge is 0.270 e. The summed E-state index contributed by atoms with van der Waals surface area (Å²) in [5.74, 6) is 4.79. The number of nitrogens with zero attached hydrogens (tertiary/aromatic N) is 1. The minimum atomic E-state index is -0.210. The third-order valence-electron chi connectivity index (χ3n) is 1.87. The van der Waals surface area contributed by atoms with Crippen molar-refractivity contribution in [2.24, 2.45) is 10.9 Å². The zero-order chi connectivity index (χ0) is 11.3. The molecule has 1 amide bonds. The van der Waals surface area contributed by atoms with Gasteiger partial charge in [0, 0.05) is 19.7 Å². The molecule has 0 atom stereocenters. The first-order valence-corrected chi connectivity index (χ1v) is 5.19. The molecule has 0 aromatic carbocycles. The highest BCUT2D eigenvalue weighted by Crippen LogP contribution is 2.18. The molecule has 0 saturated heterocycles. The van der Waals surface area contributed by atoms with Crippen LogP contribution in [0.4, 0.5) is 0 Å². The number of hydrogen-bond donors (Lipinski definition) is 2. The van der Waals surface area contributed by atoms with Crippen LogP contribution < -0.4 is 11.2 Å². The van der Waals surface area contributed by atoms with E-state index in [0.717, 1.165) is 10.4 Å². The molecule has 15 heavy (non-hydrogen) atoms. The second-order valence-electron chi connectivity index (χ2n) is 2.74. The number of rotatable bonds is 4. The number of nitrogens with one attached hydrogen (secondary N) is 1. The molecule has 1 aromatic heterocycles. The molecule has 1 aromatic rings. The van der Waals surface area contributed by atoms with E-state index in [1.165, 1.54) is 11.3 Å². The molecule has 6 heteroatoms. The first-order chi connectivity index (χ1) is 7.24. The van der Waals surface area contributed by atoms with Gasteiger partial charge in [0.2, 0.25) is 0 Å². The summed E-state index contributed by atoms with van der Waals surface area (Å²) in [6.45, 7) is 0.273. The van der Waals surface area contributed by atoms with Crippen molar-refractivity contribution in [2.75, 3.05) is 14.1 Å². The summed E-state index contributed by atoms with van der Waals surface area (Å²) in [6.07, 6.45) is 0. The lowest BCUT2D eigenvalue weighted by molar-refractivity contribution is -0.114. The Hall–Kier alpha value is -1.24. The van der Waals surface area contributed by atoms with Gasteiger partial charge in [0.05, 0.1) is 11.5 Å². The Morgan fingerprint density at radius 1 is 1.73 bits per heavy atom. The molecule has 0 aliphatic rings. The predicted molar refractivity (Wildman–Crippen MR) is 59.8 cm³/mol. The van der Waals surface area contributed by atoms with E-state index in [-0.39, 0.29) is 12.5 Å². The van der Waals surface area contributed by atoms with Crippen molar-refractivity contribution in [2.45, 2.75) is 6.61 Å². The van der Waals surface area contributed by atoms with E-state index in [1.807, 2.05) is 11.4 Å². The molecule has 82 valence electrons. The van der Waals surface area contributed by atoms with E-state index < -0.39 is 0 Å². The van der Waals surface area contributed by atoms with Gasteiger partial charge in [-0.3, -0.25) is 14.6 Å². The average molecular weight is 227 g/mol. The maximum atomic E-state index is 11.5. The lowest BCUT2D eigenvalue weighted by Gasteiger charge is -2.04. The van der Waals surface area contributed by atoms with Crippen molar-refractivity contribution < 1.29 is 9.63 Å². The summed E-state index contributed by atoms with van der Waals surface area (Å²) in [7, 11) is 3.15. The Morgan fingerprint density at radius 3 is 3.00 bits per heavy atom. The van der Waals surface area contributed by atoms with Crippen LogP contribution in [0, 0.1) is 0 Å². The molecular formula is C9H13N3O2S. The minimum absolute atomic E-state index is 0.210. The fraction of sp³-hybridized carbons (Fsp3) is 0.333. The Bertz CT molecular complexity index is 373. The molecule has 1 heterocycles. The molecule has 0 fully saturated rings. The van der Waals surface area contributed by atoms with Crippen LogP contribution in [-0.4, -0.2) is 25.7 Å². The number of aliphatic imine (C=N–C) groups is 1. The van der Waals surface area contributed by atoms with Crippen LogP contribution in [0.3, 0.4) is 0 Å². The van der Waals surface area contributed by atoms with Gasteiger partial charge >= 0.3 is 0 Å². The first-order valence-electron chi connectivity index (χ1n) is 4.31. The molecule has 3 N–H and O–H groups in total. The van der Waals surface area contributed by atoms with Crippen molar-refractivity contribution in [3.63, 3.8) is 0 Å². The predicted octanol–water partition coefficient (Wildman–Crippen LogP) is 0.303. The molecule has 0 unspecified atom stereocenters. The minimum Gasteiger partial charge on any atom is -0.354 e. The van der Waals surface area contributed by atoms with Crippen LogP contribution in [-0.2, 0) is 16.2 Å². The molecule has 1 rings (SSSR count). The summed E-state index contributed by atoms with van der Waals surface area (Å²) in [5.41, 5.74) is 1.27. The topological polar surface area (TPSA) is 76.7 Å². The van der Waals surface area contributed by atoms with E-state index in [2.05, 4.69) is 15.1 Å². The molecule has 0 bridgehead atoms. The van der Waals surface area contributed by atoms with E-state index in [4.69, 9.17) is 5.90 Å². The van der Waals surface area contributed by atoms with Crippen LogP contribution in [0.5, 0.6) is 0 Å². The van der Waals surface area contributed by atoms with Crippen molar-refractivity contribution in [3.8, 4) is 0 Å². The fourth-order valence-corrected chi connectivity index (χ4v) is 2.11. The maximum absolute atomic E-state index is 11.5. The molecule has 0 saturated carbocycles. The number of hydrogen-bond acceptors (Lipinski definition) is 5. The standard InChI is InChI=1S/C9H13N3O2S/c1-11-7(9(13)12-2)8-6(5-14-10)3-4-15-8/h3-4H,5,10H2,1-2H3,(H,12,13). The highest BCUT2D eigenvalue weighted by Gasteiger charge is 2.16. The van der Waals surface area contributed by atoms with Gasteiger partial charge < -0.3 is 5.32 Å². The Labute approximate surface area is 91.9 Å². The van der Waals surface area contributed by atoms with Gasteiger partial charge in [0.15, 0.2) is 0 Å². The van der Waals surface area contributed by atoms with Gasteiger partial charge in [-0.25, -0.2) is 5.90 Å². The third-order valence-corrected chi connectivity index (χ3v) is 2.83. The van der Waals surface area contributed by atoms with Crippen LogP contribution in [0.1, 0.15) is 10.4 Å². The molecular weight excluding hydrogens is 214 g/mol. The number of thiophene rings is 1. The summed E-state index contributed by atoms with van der Waals surface area (Å²) >= 11 is 1.44. The number of nitrogens with two attached hydrogens (primary N) is 1. The van der Waals surface area contributed by atoms with E-state index in [1.54, 1.807) is 14.1 Å². The maximum Gasteiger partial charge on any atom is 0.270 e. The van der Waals surface area contributed by atoms with Gasteiger partial charge in [0.1, 0.15) is 5.71 Å². The summed E-state index contributed by atoms with van der Waals surface area (Å²) in [6, 6.07) is 1.86. The van der Waals surface area contributed by atoms with Crippen LogP contribution in [0.25, 0.3) is 0 Å². The lowest BCUT2D eigenvalue weighted by Crippen LogP contribution is -2.28. The zero-order valence-electron chi connectivity index (χ0n) is 8.61. The van der Waals surface area contributed by atoms with Crippen molar-refractivity contribution >= 4 is 23.0 Å². The molecule has 0 aliphatic heterocycles. The van der Waals surface area contributed by atoms with Crippen molar-refractivity contribution in [1.29, 1.82) is 0 Å². The molecule has 0 aliphatic carbocycles. The normalized spacial score (nSPS) is 11.5. The van der Waals surface area contributed by atoms with Crippen LogP contribution in [0.15, 0.2) is 16.4 Å². The Balaban J connectivity index is 3.02.